The predicted molar refractivity (Wildman–Crippen MR) is 254 cm³/mol. The fraction of sp³-hybridized carbons (Fsp3) is 0.490. The number of alkyl halides is 2. The van der Waals surface area contributed by atoms with Crippen molar-refractivity contribution in [2.24, 2.45) is 5.41 Å². The number of amides is 1. The van der Waals surface area contributed by atoms with E-state index in [-0.39, 0.29) is 75.9 Å². The van der Waals surface area contributed by atoms with E-state index in [9.17, 15) is 41.6 Å². The van der Waals surface area contributed by atoms with Gasteiger partial charge in [-0.25, -0.2) is 31.3 Å². The van der Waals surface area contributed by atoms with Crippen molar-refractivity contribution in [3.8, 4) is 17.4 Å². The van der Waals surface area contributed by atoms with Crippen LogP contribution in [0.5, 0.6) is 17.4 Å². The van der Waals surface area contributed by atoms with E-state index in [1.54, 1.807) is 38.1 Å². The number of nitrogens with zero attached hydrogens (tertiary/aromatic N) is 5. The van der Waals surface area contributed by atoms with E-state index in [4.69, 9.17) is 9.47 Å². The smallest absolute Gasteiger partial charge is 0.312 e. The molecule has 3 aromatic heterocycles. The summed E-state index contributed by atoms with van der Waals surface area (Å²) < 4.78 is 85.8. The maximum atomic E-state index is 14.9. The topological polar surface area (TPSA) is 205 Å². The molecule has 2 aromatic carbocycles. The molecule has 1 amide bonds. The van der Waals surface area contributed by atoms with Crippen LogP contribution >= 0.6 is 0 Å². The normalized spacial score (nSPS) is 19.3. The van der Waals surface area contributed by atoms with Crippen LogP contribution in [0.1, 0.15) is 113 Å². The lowest BCUT2D eigenvalue weighted by Crippen LogP contribution is -2.63. The van der Waals surface area contributed by atoms with Gasteiger partial charge >= 0.3 is 5.69 Å². The molecule has 20 heteroatoms. The number of pyridine rings is 2. The van der Waals surface area contributed by atoms with E-state index >= 15 is 0 Å². The second kappa shape index (κ2) is 19.8. The second-order valence-corrected chi connectivity index (χ2v) is 20.7. The number of aromatic amines is 1. The molecule has 5 aromatic rings. The SMILES string of the molecule is CCOc1nc2[nH]cc(F)c2cc1Oc1cc(N2CCC3(CC2)CN([C@H]2CCC[C@H]2c2ccccc2C(C)(F)F)C3)ccc1C(=O)NS(=O)(=O)c1cnc(NCCCC[C@](C)(O)CC)c([N+](=O)[O-])c1. The highest BCUT2D eigenvalue weighted by Gasteiger charge is 2.50. The number of unbranched alkanes of at least 4 members (excludes halogenated alkanes) is 1. The molecule has 0 radical (unpaired) electrons. The molecule has 3 aliphatic rings. The number of rotatable bonds is 19. The number of carbonyl (C=O) groups excluding carboxylic acids is 1. The highest BCUT2D eigenvalue weighted by atomic mass is 32.2. The van der Waals surface area contributed by atoms with Crippen LogP contribution < -0.4 is 24.4 Å². The first-order chi connectivity index (χ1) is 32.8. The standard InChI is InChI=1S/C49H59F3N8O8S/c1-5-47(3,62)18-9-10-21-53-44-40(60(63)64)25-32(27-54-44)69(65,66)57-45(61)35-17-16-31(24-41(35)68-42-26-36-38(50)28-55-43(36)56-46(42)67-6-2)58-22-19-49(20-23-58)29-59(30-49)39-15-11-13-34(39)33-12-7-8-14-37(33)48(4,51)52/h7-8,12,14,16-17,24-28,34,39,62H,5-6,9-11,13,15,18-23,29-30H2,1-4H3,(H,53,54)(H,55,56)(H,57,61)/t34-,39-,47+/m0/s1. The number of nitrogens with one attached hydrogen (secondary N) is 3. The van der Waals surface area contributed by atoms with E-state index in [1.807, 2.05) is 23.8 Å². The van der Waals surface area contributed by atoms with Crippen molar-refractivity contribution in [3.05, 3.63) is 99.6 Å². The molecule has 16 nitrogen and oxygen atoms in total. The maximum absolute atomic E-state index is 14.9. The minimum atomic E-state index is -4.76. The number of benzene rings is 2. The van der Waals surface area contributed by atoms with Gasteiger partial charge < -0.3 is 29.8 Å². The molecular formula is C49H59F3N8O8S. The molecule has 2 aliphatic heterocycles. The van der Waals surface area contributed by atoms with Crippen LogP contribution in [0.15, 0.2) is 71.9 Å². The Bertz CT molecular complexity index is 2810. The van der Waals surface area contributed by atoms with Crippen LogP contribution in [0.2, 0.25) is 0 Å². The molecule has 5 heterocycles. The zero-order chi connectivity index (χ0) is 49.3. The summed E-state index contributed by atoms with van der Waals surface area (Å²) in [5.74, 6) is -4.92. The molecule has 0 unspecified atom stereocenters. The summed E-state index contributed by atoms with van der Waals surface area (Å²) in [6, 6.07) is 14.0. The summed E-state index contributed by atoms with van der Waals surface area (Å²) in [5, 5.41) is 25.3. The Morgan fingerprint density at radius 3 is 2.52 bits per heavy atom. The molecular weight excluding hydrogens is 918 g/mol. The number of likely N-dealkylation sites (tertiary alicyclic amines) is 1. The van der Waals surface area contributed by atoms with Gasteiger partial charge in [-0.1, -0.05) is 37.6 Å². The first kappa shape index (κ1) is 49.4. The van der Waals surface area contributed by atoms with Gasteiger partial charge in [0.2, 0.25) is 5.82 Å². The molecule has 1 aliphatic carbocycles. The average Bonchev–Trinajstić information content (AvgIpc) is 3.94. The summed E-state index contributed by atoms with van der Waals surface area (Å²) >= 11 is 0. The first-order valence-corrected chi connectivity index (χ1v) is 25.0. The number of aromatic nitrogens is 3. The van der Waals surface area contributed by atoms with E-state index in [0.29, 0.717) is 44.5 Å². The third kappa shape index (κ3) is 10.8. The zero-order valence-corrected chi connectivity index (χ0v) is 40.0. The van der Waals surface area contributed by atoms with Crippen LogP contribution in [0.4, 0.5) is 30.4 Å². The number of hydrogen-bond acceptors (Lipinski definition) is 13. The number of sulfonamides is 1. The third-order valence-corrected chi connectivity index (χ3v) is 15.4. The Kier molecular flexibility index (Phi) is 14.2. The van der Waals surface area contributed by atoms with E-state index in [2.05, 4.69) is 30.1 Å². The Balaban J connectivity index is 1.00. The van der Waals surface area contributed by atoms with Crippen molar-refractivity contribution in [1.29, 1.82) is 0 Å². The highest BCUT2D eigenvalue weighted by Crippen LogP contribution is 2.50. The minimum absolute atomic E-state index is 0.0120. The molecule has 3 atom stereocenters. The predicted octanol–water partition coefficient (Wildman–Crippen LogP) is 9.41. The van der Waals surface area contributed by atoms with Crippen molar-refractivity contribution in [2.75, 3.05) is 49.5 Å². The summed E-state index contributed by atoms with van der Waals surface area (Å²) in [4.78, 5) is 40.5. The number of H-pyrrole nitrogens is 1. The van der Waals surface area contributed by atoms with Gasteiger partial charge in [-0.3, -0.25) is 19.8 Å². The number of hydrogen-bond donors (Lipinski definition) is 4. The highest BCUT2D eigenvalue weighted by molar-refractivity contribution is 7.90. The monoisotopic (exact) mass is 976 g/mol. The van der Waals surface area contributed by atoms with E-state index in [0.717, 1.165) is 76.1 Å². The van der Waals surface area contributed by atoms with Gasteiger partial charge in [-0.15, -0.1) is 0 Å². The molecule has 4 N–H and O–H groups in total. The zero-order valence-electron chi connectivity index (χ0n) is 39.2. The van der Waals surface area contributed by atoms with Gasteiger partial charge in [-0.05, 0) is 94.2 Å². The number of fused-ring (bicyclic) bond motifs is 1. The average molecular weight is 977 g/mol. The summed E-state index contributed by atoms with van der Waals surface area (Å²) in [6.07, 6.45) is 8.85. The van der Waals surface area contributed by atoms with E-state index in [1.165, 1.54) is 12.1 Å². The van der Waals surface area contributed by atoms with Crippen LogP contribution in [-0.2, 0) is 15.9 Å². The number of piperidine rings is 1. The van der Waals surface area contributed by atoms with Gasteiger partial charge in [0, 0.05) is 81.3 Å². The molecule has 2 saturated heterocycles. The molecule has 69 heavy (non-hydrogen) atoms. The quantitative estimate of drug-likeness (QED) is 0.0346. The van der Waals surface area contributed by atoms with Crippen molar-refractivity contribution in [1.82, 2.24) is 24.6 Å². The molecule has 0 bridgehead atoms. The summed E-state index contributed by atoms with van der Waals surface area (Å²) in [7, 11) is -4.76. The number of ether oxygens (including phenoxy) is 2. The molecule has 8 rings (SSSR count). The van der Waals surface area contributed by atoms with Gasteiger partial charge in [0.25, 0.3) is 27.7 Å². The van der Waals surface area contributed by atoms with Crippen LogP contribution in [0.3, 0.4) is 0 Å². The van der Waals surface area contributed by atoms with Crippen molar-refractivity contribution >= 4 is 44.2 Å². The summed E-state index contributed by atoms with van der Waals surface area (Å²) in [6.45, 7) is 9.76. The maximum Gasteiger partial charge on any atom is 0.312 e. The fourth-order valence-corrected chi connectivity index (χ4v) is 11.0. The Morgan fingerprint density at radius 1 is 1.06 bits per heavy atom. The van der Waals surface area contributed by atoms with Crippen LogP contribution in [0.25, 0.3) is 11.0 Å². The van der Waals surface area contributed by atoms with Gasteiger partial charge in [0.15, 0.2) is 5.75 Å². The van der Waals surface area contributed by atoms with Crippen LogP contribution in [-0.4, -0.2) is 95.2 Å². The van der Waals surface area contributed by atoms with Gasteiger partial charge in [0.05, 0.1) is 34.3 Å². The summed E-state index contributed by atoms with van der Waals surface area (Å²) in [5.41, 5.74) is 0.0890. The lowest BCUT2D eigenvalue weighted by atomic mass is 9.70. The Labute approximate surface area is 399 Å². The Hall–Kier alpha value is -5.99. The lowest BCUT2D eigenvalue weighted by molar-refractivity contribution is -0.384. The van der Waals surface area contributed by atoms with Crippen molar-refractivity contribution in [3.63, 3.8) is 0 Å². The van der Waals surface area contributed by atoms with Crippen molar-refractivity contribution < 1.29 is 45.9 Å². The number of aliphatic hydroxyl groups is 1. The fourth-order valence-electron chi connectivity index (χ4n) is 10.1. The largest absolute Gasteiger partial charge is 0.475 e. The molecule has 1 spiro atoms. The molecule has 1 saturated carbocycles. The number of halogens is 3. The lowest BCUT2D eigenvalue weighted by Gasteiger charge is -2.57. The number of anilines is 2. The first-order valence-electron chi connectivity index (χ1n) is 23.6. The minimum Gasteiger partial charge on any atom is -0.475 e. The second-order valence-electron chi connectivity index (χ2n) is 19.0. The van der Waals surface area contributed by atoms with Gasteiger partial charge in [-0.2, -0.15) is 4.98 Å². The third-order valence-electron chi connectivity index (χ3n) is 14.1. The van der Waals surface area contributed by atoms with Crippen LogP contribution in [0, 0.1) is 21.3 Å². The molecule has 370 valence electrons. The van der Waals surface area contributed by atoms with E-state index < -0.39 is 48.8 Å². The number of carbonyl (C=O) groups is 1. The number of nitro groups is 1. The van der Waals surface area contributed by atoms with Gasteiger partial charge in [0.1, 0.15) is 22.1 Å². The Morgan fingerprint density at radius 2 is 1.81 bits per heavy atom. The molecule has 3 fully saturated rings. The van der Waals surface area contributed by atoms with Crippen molar-refractivity contribution in [2.45, 2.75) is 114 Å².